The summed E-state index contributed by atoms with van der Waals surface area (Å²) in [5, 5.41) is 0. The minimum absolute atomic E-state index is 0.0103. The highest BCUT2D eigenvalue weighted by Gasteiger charge is 2.42. The van der Waals surface area contributed by atoms with E-state index in [0.29, 0.717) is 38.6 Å². The van der Waals surface area contributed by atoms with Crippen LogP contribution in [0.5, 0.6) is 0 Å². The molecule has 1 saturated carbocycles. The third kappa shape index (κ3) is 12.9. The van der Waals surface area contributed by atoms with Crippen LogP contribution in [0.1, 0.15) is 125 Å². The molecule has 0 aromatic rings. The number of likely N-dealkylation sites (tertiary alicyclic amines) is 1. The van der Waals surface area contributed by atoms with E-state index >= 15 is 0 Å². The van der Waals surface area contributed by atoms with Crippen molar-refractivity contribution < 1.29 is 28.7 Å². The summed E-state index contributed by atoms with van der Waals surface area (Å²) in [6, 6.07) is -0.630. The van der Waals surface area contributed by atoms with Crippen LogP contribution in [0.4, 0.5) is 0 Å². The molecule has 0 radical (unpaired) electrons. The summed E-state index contributed by atoms with van der Waals surface area (Å²) in [5.74, 6) is -2.89. The number of rotatable bonds is 15. The Labute approximate surface area is 248 Å². The van der Waals surface area contributed by atoms with E-state index in [1.54, 1.807) is 17.1 Å². The number of ketones is 3. The van der Waals surface area contributed by atoms with Gasteiger partial charge in [-0.15, -0.1) is 13.2 Å². The molecule has 0 spiro atoms. The van der Waals surface area contributed by atoms with Crippen LogP contribution in [0.2, 0.25) is 0 Å². The van der Waals surface area contributed by atoms with Crippen LogP contribution in [-0.2, 0) is 28.7 Å². The molecule has 0 bridgehead atoms. The zero-order valence-electron chi connectivity index (χ0n) is 26.4. The van der Waals surface area contributed by atoms with Crippen molar-refractivity contribution in [3.8, 4) is 0 Å². The number of carbonyl (C=O) groups excluding carboxylic acids is 5. The Balaban J connectivity index is 0.00000268. The van der Waals surface area contributed by atoms with Crippen molar-refractivity contribution in [2.24, 2.45) is 17.8 Å². The largest absolute Gasteiger partial charge is 0.460 e. The molecule has 1 unspecified atom stereocenters. The first-order valence-electron chi connectivity index (χ1n) is 15.7. The zero-order valence-corrected chi connectivity index (χ0v) is 26.4. The molecule has 0 aromatic carbocycles. The molecule has 7 heteroatoms. The second-order valence-corrected chi connectivity index (χ2v) is 12.5. The van der Waals surface area contributed by atoms with Crippen LogP contribution in [0, 0.1) is 17.8 Å². The monoisotopic (exact) mass is 573 g/mol. The number of hydrogen-bond acceptors (Lipinski definition) is 6. The summed E-state index contributed by atoms with van der Waals surface area (Å²) in [7, 11) is 0. The smallest absolute Gasteiger partial charge is 0.307 e. The molecule has 41 heavy (non-hydrogen) atoms. The Morgan fingerprint density at radius 2 is 1.51 bits per heavy atom. The molecule has 3 atom stereocenters. The van der Waals surface area contributed by atoms with Gasteiger partial charge >= 0.3 is 5.97 Å². The van der Waals surface area contributed by atoms with Crippen LogP contribution in [-0.4, -0.2) is 52.3 Å². The molecule has 1 heterocycles. The fraction of sp³-hybridized carbons (Fsp3) is 0.735. The number of amides is 1. The van der Waals surface area contributed by atoms with Crippen molar-refractivity contribution in [2.75, 3.05) is 6.54 Å². The summed E-state index contributed by atoms with van der Waals surface area (Å²) in [4.78, 5) is 67.1. The Morgan fingerprint density at radius 3 is 2.07 bits per heavy atom. The lowest BCUT2D eigenvalue weighted by molar-refractivity contribution is -0.160. The molecule has 232 valence electrons. The molecule has 7 nitrogen and oxygen atoms in total. The van der Waals surface area contributed by atoms with Crippen molar-refractivity contribution in [1.29, 1.82) is 0 Å². The number of nitrogens with zero attached hydrogens (tertiary/aromatic N) is 1. The lowest BCUT2D eigenvalue weighted by atomic mass is 9.77. The number of ether oxygens (including phenoxy) is 1. The second kappa shape index (κ2) is 18.8. The maximum Gasteiger partial charge on any atom is 0.307 e. The normalized spacial score (nSPS) is 18.9. The first kappa shape index (κ1) is 36.5. The standard InChI is InChI=1S/C31H47NO6.C3H8/c1-6-8-14-23(29(36)26(33)18-9-7-2)20-27(34)25-17-13-19-32(25)30(37)24(22-15-11-10-12-16-22)21-28(35)38-31(3,4)5;1-3-2/h6-7,22-25H,1-2,8-21H2,3-5H3;3H2,1-2H3/t23?,24-,25-;/m0./s1. The molecule has 2 aliphatic rings. The number of carbonyl (C=O) groups is 5. The van der Waals surface area contributed by atoms with Gasteiger partial charge in [-0.05, 0) is 71.6 Å². The Bertz CT molecular complexity index is 895. The third-order valence-corrected chi connectivity index (χ3v) is 7.64. The minimum Gasteiger partial charge on any atom is -0.460 e. The maximum atomic E-state index is 13.9. The SMILES string of the molecule is C=CCCC(=O)C(=O)C(CCC=C)CC(=O)[C@@H]1CCCN1C(=O)[C@@H](CC(=O)OC(C)(C)C)C1CCCCC1.CCC. The fourth-order valence-corrected chi connectivity index (χ4v) is 5.74. The Morgan fingerprint density at radius 1 is 0.902 bits per heavy atom. The van der Waals surface area contributed by atoms with Crippen molar-refractivity contribution >= 4 is 29.2 Å². The fourth-order valence-electron chi connectivity index (χ4n) is 5.74. The van der Waals surface area contributed by atoms with E-state index in [4.69, 9.17) is 4.74 Å². The lowest BCUT2D eigenvalue weighted by Crippen LogP contribution is -2.47. The molecule has 2 rings (SSSR count). The van der Waals surface area contributed by atoms with Crippen LogP contribution in [0.3, 0.4) is 0 Å². The molecule has 0 N–H and O–H groups in total. The van der Waals surface area contributed by atoms with Gasteiger partial charge in [-0.3, -0.25) is 24.0 Å². The molecule has 1 saturated heterocycles. The number of esters is 1. The molecule has 0 aromatic heterocycles. The summed E-state index contributed by atoms with van der Waals surface area (Å²) in [6.45, 7) is 17.4. The van der Waals surface area contributed by atoms with Crippen LogP contribution in [0.25, 0.3) is 0 Å². The minimum atomic E-state index is -0.716. The van der Waals surface area contributed by atoms with Gasteiger partial charge in [-0.1, -0.05) is 51.7 Å². The zero-order chi connectivity index (χ0) is 31.0. The third-order valence-electron chi connectivity index (χ3n) is 7.64. The average molecular weight is 574 g/mol. The highest BCUT2D eigenvalue weighted by atomic mass is 16.6. The van der Waals surface area contributed by atoms with E-state index in [1.165, 1.54) is 6.42 Å². The first-order valence-corrected chi connectivity index (χ1v) is 15.7. The van der Waals surface area contributed by atoms with Crippen molar-refractivity contribution in [3.63, 3.8) is 0 Å². The van der Waals surface area contributed by atoms with Gasteiger partial charge in [0.1, 0.15) is 5.60 Å². The highest BCUT2D eigenvalue weighted by molar-refractivity contribution is 6.38. The van der Waals surface area contributed by atoms with E-state index in [9.17, 15) is 24.0 Å². The quantitative estimate of drug-likeness (QED) is 0.119. The molecule has 1 aliphatic carbocycles. The summed E-state index contributed by atoms with van der Waals surface area (Å²) in [6.07, 6.45) is 12.0. The predicted molar refractivity (Wildman–Crippen MR) is 163 cm³/mol. The number of Topliss-reactive ketones (excluding diaryl/α,β-unsaturated/α-hetero) is 3. The van der Waals surface area contributed by atoms with Gasteiger partial charge in [-0.25, -0.2) is 0 Å². The van der Waals surface area contributed by atoms with Crippen molar-refractivity contribution in [3.05, 3.63) is 25.3 Å². The number of allylic oxidation sites excluding steroid dienone is 2. The van der Waals surface area contributed by atoms with Crippen LogP contribution < -0.4 is 0 Å². The van der Waals surface area contributed by atoms with E-state index in [1.807, 2.05) is 20.8 Å². The average Bonchev–Trinajstić information content (AvgIpc) is 3.42. The van der Waals surface area contributed by atoms with E-state index < -0.39 is 41.0 Å². The summed E-state index contributed by atoms with van der Waals surface area (Å²) in [5.41, 5.74) is -0.639. The van der Waals surface area contributed by atoms with Gasteiger partial charge in [0, 0.05) is 25.3 Å². The molecule has 1 aliphatic heterocycles. The predicted octanol–water partition coefficient (Wildman–Crippen LogP) is 6.97. The van der Waals surface area contributed by atoms with Gasteiger partial charge in [-0.2, -0.15) is 0 Å². The number of hydrogen-bond donors (Lipinski definition) is 0. The highest BCUT2D eigenvalue weighted by Crippen LogP contribution is 2.35. The van der Waals surface area contributed by atoms with E-state index in [0.717, 1.165) is 32.1 Å². The van der Waals surface area contributed by atoms with Gasteiger partial charge in [0.05, 0.1) is 18.4 Å². The van der Waals surface area contributed by atoms with Gasteiger partial charge in [0.2, 0.25) is 11.7 Å². The van der Waals surface area contributed by atoms with Gasteiger partial charge < -0.3 is 9.64 Å². The van der Waals surface area contributed by atoms with Crippen molar-refractivity contribution in [2.45, 2.75) is 136 Å². The van der Waals surface area contributed by atoms with Crippen LogP contribution in [0.15, 0.2) is 25.3 Å². The van der Waals surface area contributed by atoms with Crippen LogP contribution >= 0.6 is 0 Å². The second-order valence-electron chi connectivity index (χ2n) is 12.5. The molecular weight excluding hydrogens is 518 g/mol. The summed E-state index contributed by atoms with van der Waals surface area (Å²) >= 11 is 0. The topological polar surface area (TPSA) is 97.8 Å². The van der Waals surface area contributed by atoms with Gasteiger partial charge in [0.15, 0.2) is 11.6 Å². The van der Waals surface area contributed by atoms with E-state index in [-0.39, 0.29) is 36.9 Å². The molecule has 1 amide bonds. The van der Waals surface area contributed by atoms with E-state index in [2.05, 4.69) is 27.0 Å². The van der Waals surface area contributed by atoms with Crippen molar-refractivity contribution in [1.82, 2.24) is 4.90 Å². The lowest BCUT2D eigenvalue weighted by Gasteiger charge is -2.34. The molecule has 2 fully saturated rings. The Hall–Kier alpha value is -2.57. The van der Waals surface area contributed by atoms with Gasteiger partial charge in [0.25, 0.3) is 0 Å². The first-order chi connectivity index (χ1) is 19.4. The Kier molecular flexibility index (Phi) is 16.7. The molecular formula is C34H55NO6. The maximum absolute atomic E-state index is 13.9. The summed E-state index contributed by atoms with van der Waals surface area (Å²) < 4.78 is 5.55.